The highest BCUT2D eigenvalue weighted by atomic mass is 16.6. The number of hydrogen-bond donors (Lipinski definition) is 0. The van der Waals surface area contributed by atoms with Crippen molar-refractivity contribution in [3.8, 4) is 0 Å². The molecule has 0 saturated carbocycles. The molecule has 0 aromatic rings. The second-order valence-electron chi connectivity index (χ2n) is 16.3. The van der Waals surface area contributed by atoms with Crippen LogP contribution in [0.2, 0.25) is 0 Å². The van der Waals surface area contributed by atoms with E-state index in [4.69, 9.17) is 14.2 Å². The molecule has 0 aromatic heterocycles. The lowest BCUT2D eigenvalue weighted by Gasteiger charge is -2.18. The molecule has 1 unspecified atom stereocenters. The van der Waals surface area contributed by atoms with Crippen LogP contribution in [0, 0.1) is 0 Å². The summed E-state index contributed by atoms with van der Waals surface area (Å²) < 4.78 is 16.7. The van der Waals surface area contributed by atoms with Gasteiger partial charge in [0, 0.05) is 19.3 Å². The van der Waals surface area contributed by atoms with E-state index >= 15 is 0 Å². The molecule has 6 nitrogen and oxygen atoms in total. The second-order valence-corrected chi connectivity index (χ2v) is 16.3. The maximum Gasteiger partial charge on any atom is 0.306 e. The normalized spacial score (nSPS) is 13.0. The van der Waals surface area contributed by atoms with Gasteiger partial charge in [-0.2, -0.15) is 0 Å². The van der Waals surface area contributed by atoms with Gasteiger partial charge in [-0.15, -0.1) is 0 Å². The molecular weight excluding hydrogens is 781 g/mol. The fraction of sp³-hybridized carbons (Fsp3) is 0.632. The zero-order valence-corrected chi connectivity index (χ0v) is 40.5. The molecule has 0 fully saturated rings. The van der Waals surface area contributed by atoms with Gasteiger partial charge < -0.3 is 14.2 Å². The molecule has 6 heteroatoms. The van der Waals surface area contributed by atoms with Crippen LogP contribution in [0.4, 0.5) is 0 Å². The van der Waals surface area contributed by atoms with Crippen LogP contribution in [-0.2, 0) is 28.6 Å². The number of hydrogen-bond acceptors (Lipinski definition) is 6. The van der Waals surface area contributed by atoms with Crippen molar-refractivity contribution < 1.29 is 28.6 Å². The van der Waals surface area contributed by atoms with Crippen LogP contribution in [-0.4, -0.2) is 37.2 Å². The highest BCUT2D eigenvalue weighted by Gasteiger charge is 2.19. The molecule has 356 valence electrons. The molecule has 0 N–H and O–H groups in total. The first-order valence-corrected chi connectivity index (χ1v) is 25.4. The quantitative estimate of drug-likeness (QED) is 0.0263. The Morgan fingerprint density at radius 3 is 1.06 bits per heavy atom. The van der Waals surface area contributed by atoms with E-state index < -0.39 is 6.10 Å². The Morgan fingerprint density at radius 1 is 0.333 bits per heavy atom. The minimum Gasteiger partial charge on any atom is -0.462 e. The Morgan fingerprint density at radius 2 is 0.635 bits per heavy atom. The topological polar surface area (TPSA) is 78.9 Å². The predicted molar refractivity (Wildman–Crippen MR) is 270 cm³/mol. The summed E-state index contributed by atoms with van der Waals surface area (Å²) in [7, 11) is 0. The summed E-state index contributed by atoms with van der Waals surface area (Å²) in [6.45, 7) is 6.30. The van der Waals surface area contributed by atoms with E-state index in [0.717, 1.165) is 103 Å². The van der Waals surface area contributed by atoms with Gasteiger partial charge in [-0.25, -0.2) is 0 Å². The summed E-state index contributed by atoms with van der Waals surface area (Å²) in [5, 5.41) is 0. The fourth-order valence-electron chi connectivity index (χ4n) is 6.48. The third-order valence-electron chi connectivity index (χ3n) is 10.2. The van der Waals surface area contributed by atoms with E-state index in [9.17, 15) is 14.4 Å². The maximum atomic E-state index is 12.8. The van der Waals surface area contributed by atoms with Crippen molar-refractivity contribution in [1.82, 2.24) is 0 Å². The molecular formula is C57H92O6. The van der Waals surface area contributed by atoms with Crippen LogP contribution in [0.15, 0.2) is 109 Å². The highest BCUT2D eigenvalue weighted by molar-refractivity contribution is 5.71. The molecule has 0 saturated heterocycles. The molecule has 0 aliphatic carbocycles. The lowest BCUT2D eigenvalue weighted by atomic mass is 10.1. The van der Waals surface area contributed by atoms with Crippen LogP contribution in [0.1, 0.15) is 213 Å². The number of carbonyl (C=O) groups excluding carboxylic acids is 3. The van der Waals surface area contributed by atoms with Gasteiger partial charge in [-0.1, -0.05) is 188 Å². The summed E-state index contributed by atoms with van der Waals surface area (Å²) >= 11 is 0. The maximum absolute atomic E-state index is 12.8. The number of allylic oxidation sites excluding steroid dienone is 18. The van der Waals surface area contributed by atoms with Crippen molar-refractivity contribution in [2.75, 3.05) is 13.2 Å². The molecule has 1 atom stereocenters. The van der Waals surface area contributed by atoms with Gasteiger partial charge >= 0.3 is 17.9 Å². The first-order valence-electron chi connectivity index (χ1n) is 25.4. The average Bonchev–Trinajstić information content (AvgIpc) is 3.28. The smallest absolute Gasteiger partial charge is 0.306 e. The largest absolute Gasteiger partial charge is 0.462 e. The molecule has 0 rings (SSSR count). The SMILES string of the molecule is CC/C=C\C/C=C\C/C=C\C/C=C\C/C=C\CCCCCC(=O)OCC(COC(=O)CCC/C=C\C/C=C\C/C=C\CC)OC(=O)CCCCCCCCC/C=C\CCCCCC. The van der Waals surface area contributed by atoms with Gasteiger partial charge in [0.2, 0.25) is 0 Å². The van der Waals surface area contributed by atoms with Crippen LogP contribution >= 0.6 is 0 Å². The molecule has 0 amide bonds. The van der Waals surface area contributed by atoms with Crippen LogP contribution < -0.4 is 0 Å². The summed E-state index contributed by atoms with van der Waals surface area (Å²) in [5.74, 6) is -1.01. The molecule has 0 heterocycles. The van der Waals surface area contributed by atoms with E-state index in [0.29, 0.717) is 19.3 Å². The fourth-order valence-corrected chi connectivity index (χ4v) is 6.48. The number of unbranched alkanes of at least 4 members (excludes halogenated alkanes) is 15. The Kier molecular flexibility index (Phi) is 47.5. The molecule has 0 aromatic carbocycles. The lowest BCUT2D eigenvalue weighted by Crippen LogP contribution is -2.30. The third-order valence-corrected chi connectivity index (χ3v) is 10.2. The number of esters is 3. The van der Waals surface area contributed by atoms with Gasteiger partial charge in [-0.05, 0) is 116 Å². The molecule has 0 bridgehead atoms. The van der Waals surface area contributed by atoms with E-state index in [1.54, 1.807) is 0 Å². The minimum atomic E-state index is -0.815. The second kappa shape index (κ2) is 50.7. The van der Waals surface area contributed by atoms with Crippen molar-refractivity contribution in [1.29, 1.82) is 0 Å². The standard InChI is InChI=1S/C57H92O6/c1-4-7-10-13-16-19-22-24-26-27-28-29-31-32-35-38-41-44-47-50-56(59)62-53-54(52-61-55(58)49-46-43-40-37-34-21-18-15-12-9-6-3)63-57(60)51-48-45-42-39-36-33-30-25-23-20-17-14-11-8-5-2/h7,9-10,12,16,18-21,23-24,26,28-29,32,35,37,40,54H,4-6,8,11,13-15,17,22,25,27,30-31,33-34,36,38-39,41-53H2,1-3H3/b10-7-,12-9-,19-16-,21-18-,23-20-,26-24-,29-28-,35-32-,40-37-. The predicted octanol–water partition coefficient (Wildman–Crippen LogP) is 16.8. The van der Waals surface area contributed by atoms with E-state index in [-0.39, 0.29) is 37.5 Å². The minimum absolute atomic E-state index is 0.115. The lowest BCUT2D eigenvalue weighted by molar-refractivity contribution is -0.167. The van der Waals surface area contributed by atoms with Crippen molar-refractivity contribution in [3.05, 3.63) is 109 Å². The monoisotopic (exact) mass is 873 g/mol. The highest BCUT2D eigenvalue weighted by Crippen LogP contribution is 2.13. The van der Waals surface area contributed by atoms with E-state index in [1.807, 2.05) is 0 Å². The van der Waals surface area contributed by atoms with Crippen molar-refractivity contribution in [2.24, 2.45) is 0 Å². The van der Waals surface area contributed by atoms with Crippen LogP contribution in [0.3, 0.4) is 0 Å². The molecule has 0 radical (unpaired) electrons. The number of ether oxygens (including phenoxy) is 3. The zero-order chi connectivity index (χ0) is 45.8. The third kappa shape index (κ3) is 49.0. The summed E-state index contributed by atoms with van der Waals surface area (Å²) in [6.07, 6.45) is 68.0. The Labute approximate surface area is 387 Å². The first-order chi connectivity index (χ1) is 31.0. The van der Waals surface area contributed by atoms with Gasteiger partial charge in [0.1, 0.15) is 13.2 Å². The molecule has 63 heavy (non-hydrogen) atoms. The molecule has 0 aliphatic rings. The Hall–Kier alpha value is -3.93. The summed E-state index contributed by atoms with van der Waals surface area (Å²) in [6, 6.07) is 0. The van der Waals surface area contributed by atoms with E-state index in [2.05, 4.69) is 130 Å². The van der Waals surface area contributed by atoms with Crippen molar-refractivity contribution >= 4 is 17.9 Å². The summed E-state index contributed by atoms with van der Waals surface area (Å²) in [4.78, 5) is 37.9. The first kappa shape index (κ1) is 59.1. The van der Waals surface area contributed by atoms with Crippen molar-refractivity contribution in [2.45, 2.75) is 219 Å². The summed E-state index contributed by atoms with van der Waals surface area (Å²) in [5.41, 5.74) is 0. The van der Waals surface area contributed by atoms with Crippen LogP contribution in [0.25, 0.3) is 0 Å². The zero-order valence-electron chi connectivity index (χ0n) is 40.5. The number of carbonyl (C=O) groups is 3. The van der Waals surface area contributed by atoms with Crippen molar-refractivity contribution in [3.63, 3.8) is 0 Å². The molecule has 0 spiro atoms. The van der Waals surface area contributed by atoms with Gasteiger partial charge in [-0.3, -0.25) is 14.4 Å². The van der Waals surface area contributed by atoms with Gasteiger partial charge in [0.25, 0.3) is 0 Å². The molecule has 0 aliphatic heterocycles. The Balaban J connectivity index is 4.49. The Bertz CT molecular complexity index is 1330. The van der Waals surface area contributed by atoms with Gasteiger partial charge in [0.05, 0.1) is 0 Å². The van der Waals surface area contributed by atoms with Crippen LogP contribution in [0.5, 0.6) is 0 Å². The number of rotatable bonds is 44. The van der Waals surface area contributed by atoms with E-state index in [1.165, 1.54) is 64.2 Å². The average molecular weight is 873 g/mol. The van der Waals surface area contributed by atoms with Gasteiger partial charge in [0.15, 0.2) is 6.10 Å².